The second-order valence-electron chi connectivity index (χ2n) is 7.46. The molecule has 3 rings (SSSR count). The number of rotatable bonds is 10. The third-order valence-corrected chi connectivity index (χ3v) is 5.41. The van der Waals surface area contributed by atoms with Crippen LogP contribution in [0.2, 0.25) is 0 Å². The molecule has 31 heavy (non-hydrogen) atoms. The number of nitrogens with zero attached hydrogens (tertiary/aromatic N) is 1. The number of aliphatic imine (C=N–C) groups is 1. The Hall–Kier alpha value is -2.16. The Labute approximate surface area is 202 Å². The molecule has 0 radical (unpaired) electrons. The van der Waals surface area contributed by atoms with Gasteiger partial charge in [0.05, 0.1) is 27.4 Å². The van der Waals surface area contributed by atoms with E-state index in [9.17, 15) is 0 Å². The lowest BCUT2D eigenvalue weighted by Crippen LogP contribution is -2.41. The minimum Gasteiger partial charge on any atom is -0.493 e. The van der Waals surface area contributed by atoms with Gasteiger partial charge in [0.2, 0.25) is 5.75 Å². The molecule has 1 fully saturated rings. The highest BCUT2D eigenvalue weighted by atomic mass is 127. The van der Waals surface area contributed by atoms with Crippen LogP contribution in [-0.2, 0) is 12.0 Å². The van der Waals surface area contributed by atoms with Gasteiger partial charge in [0.1, 0.15) is 0 Å². The van der Waals surface area contributed by atoms with Crippen molar-refractivity contribution >= 4 is 29.9 Å². The van der Waals surface area contributed by atoms with Crippen LogP contribution in [0.5, 0.6) is 17.2 Å². The number of hydrogen-bond acceptors (Lipinski definition) is 4. The molecule has 0 unspecified atom stereocenters. The summed E-state index contributed by atoms with van der Waals surface area (Å²) < 4.78 is 16.7. The first-order valence-corrected chi connectivity index (χ1v) is 10.6. The van der Waals surface area contributed by atoms with E-state index in [-0.39, 0.29) is 29.4 Å². The summed E-state index contributed by atoms with van der Waals surface area (Å²) >= 11 is 0. The van der Waals surface area contributed by atoms with E-state index in [1.54, 1.807) is 14.2 Å². The van der Waals surface area contributed by atoms with Gasteiger partial charge in [-0.15, -0.1) is 24.0 Å². The predicted molar refractivity (Wildman–Crippen MR) is 136 cm³/mol. The molecule has 0 amide bonds. The van der Waals surface area contributed by atoms with Gasteiger partial charge in [-0.3, -0.25) is 0 Å². The number of methoxy groups -OCH3 is 2. The molecule has 2 N–H and O–H groups in total. The maximum Gasteiger partial charge on any atom is 0.203 e. The maximum absolute atomic E-state index is 5.68. The Balaban J connectivity index is 0.00000341. The fourth-order valence-corrected chi connectivity index (χ4v) is 3.59. The first-order valence-electron chi connectivity index (χ1n) is 10.6. The average Bonchev–Trinajstić information content (AvgIpc) is 3.58. The van der Waals surface area contributed by atoms with Crippen molar-refractivity contribution in [1.82, 2.24) is 10.6 Å². The van der Waals surface area contributed by atoms with Gasteiger partial charge >= 0.3 is 0 Å². The van der Waals surface area contributed by atoms with Gasteiger partial charge in [-0.2, -0.15) is 0 Å². The second kappa shape index (κ2) is 12.0. The second-order valence-corrected chi connectivity index (χ2v) is 7.46. The van der Waals surface area contributed by atoms with Gasteiger partial charge in [0.15, 0.2) is 17.5 Å². The van der Waals surface area contributed by atoms with E-state index in [0.29, 0.717) is 30.4 Å². The Morgan fingerprint density at radius 3 is 2.16 bits per heavy atom. The third kappa shape index (κ3) is 6.41. The third-order valence-electron chi connectivity index (χ3n) is 5.41. The number of nitrogens with one attached hydrogen (secondary N) is 2. The number of ether oxygens (including phenoxy) is 3. The van der Waals surface area contributed by atoms with Crippen LogP contribution in [0.1, 0.15) is 37.8 Å². The van der Waals surface area contributed by atoms with Crippen molar-refractivity contribution in [3.05, 3.63) is 53.6 Å². The van der Waals surface area contributed by atoms with Crippen molar-refractivity contribution in [3.8, 4) is 17.2 Å². The molecule has 170 valence electrons. The van der Waals surface area contributed by atoms with Gasteiger partial charge in [0, 0.05) is 18.5 Å². The topological polar surface area (TPSA) is 64.1 Å². The first kappa shape index (κ1) is 25.1. The molecule has 1 aliphatic carbocycles. The molecule has 0 aliphatic heterocycles. The van der Waals surface area contributed by atoms with Crippen LogP contribution in [0, 0.1) is 0 Å². The maximum atomic E-state index is 5.68. The Morgan fingerprint density at radius 1 is 1.00 bits per heavy atom. The number of halogens is 1. The molecule has 2 aromatic rings. The summed E-state index contributed by atoms with van der Waals surface area (Å²) in [7, 11) is 3.27. The monoisotopic (exact) mass is 539 g/mol. The summed E-state index contributed by atoms with van der Waals surface area (Å²) in [5.41, 5.74) is 2.62. The van der Waals surface area contributed by atoms with Crippen LogP contribution in [0.3, 0.4) is 0 Å². The summed E-state index contributed by atoms with van der Waals surface area (Å²) in [6.07, 6.45) is 2.41. The van der Waals surface area contributed by atoms with E-state index in [2.05, 4.69) is 47.9 Å². The summed E-state index contributed by atoms with van der Waals surface area (Å²) in [6, 6.07) is 14.6. The fraction of sp³-hybridized carbons (Fsp3) is 0.458. The molecule has 1 aliphatic rings. The molecule has 2 aromatic carbocycles. The molecule has 0 aromatic heterocycles. The Kier molecular flexibility index (Phi) is 9.74. The van der Waals surface area contributed by atoms with Crippen LogP contribution >= 0.6 is 24.0 Å². The van der Waals surface area contributed by atoms with Crippen molar-refractivity contribution in [2.45, 2.75) is 38.6 Å². The minimum absolute atomic E-state index is 0. The predicted octanol–water partition coefficient (Wildman–Crippen LogP) is 4.51. The zero-order valence-electron chi connectivity index (χ0n) is 18.9. The first-order chi connectivity index (χ1) is 14.7. The summed E-state index contributed by atoms with van der Waals surface area (Å²) in [5, 5.41) is 6.88. The molecule has 6 nitrogen and oxygen atoms in total. The average molecular weight is 539 g/mol. The van der Waals surface area contributed by atoms with E-state index in [4.69, 9.17) is 19.2 Å². The van der Waals surface area contributed by atoms with Crippen LogP contribution in [0.25, 0.3) is 0 Å². The lowest BCUT2D eigenvalue weighted by atomic mass is 9.96. The Morgan fingerprint density at radius 2 is 1.65 bits per heavy atom. The number of guanidine groups is 1. The summed E-state index contributed by atoms with van der Waals surface area (Å²) in [4.78, 5) is 4.78. The minimum atomic E-state index is 0. The molecule has 1 saturated carbocycles. The summed E-state index contributed by atoms with van der Waals surface area (Å²) in [6.45, 7) is 6.74. The normalized spacial score (nSPS) is 14.3. The quantitative estimate of drug-likeness (QED) is 0.265. The molecule has 0 saturated heterocycles. The molecule has 0 heterocycles. The standard InChI is InChI=1S/C24H33N3O3.HI/c1-5-25-23(27-17-24(12-13-24)19-10-8-7-9-11-19)26-16-18-14-20(28-3)22(30-6-2)21(15-18)29-4;/h7-11,14-15H,5-6,12-13,16-17H2,1-4H3,(H2,25,26,27);1H. The van der Waals surface area contributed by atoms with Crippen LogP contribution in [0.15, 0.2) is 47.5 Å². The van der Waals surface area contributed by atoms with Crippen LogP contribution < -0.4 is 24.8 Å². The van der Waals surface area contributed by atoms with Gasteiger partial charge in [-0.05, 0) is 49.9 Å². The van der Waals surface area contributed by atoms with E-state index in [0.717, 1.165) is 24.6 Å². The molecule has 0 bridgehead atoms. The van der Waals surface area contributed by atoms with Crippen molar-refractivity contribution in [1.29, 1.82) is 0 Å². The van der Waals surface area contributed by atoms with Crippen molar-refractivity contribution in [3.63, 3.8) is 0 Å². The van der Waals surface area contributed by atoms with Gasteiger partial charge in [-0.25, -0.2) is 4.99 Å². The van der Waals surface area contributed by atoms with E-state index < -0.39 is 0 Å². The highest BCUT2D eigenvalue weighted by molar-refractivity contribution is 14.0. The molecule has 7 heteroatoms. The molecular weight excluding hydrogens is 505 g/mol. The van der Waals surface area contributed by atoms with Gasteiger partial charge in [-0.1, -0.05) is 30.3 Å². The Bertz CT molecular complexity index is 829. The summed E-state index contributed by atoms with van der Waals surface area (Å²) in [5.74, 6) is 2.74. The molecular formula is C24H34IN3O3. The van der Waals surface area contributed by atoms with Crippen molar-refractivity contribution < 1.29 is 14.2 Å². The number of hydrogen-bond donors (Lipinski definition) is 2. The van der Waals surface area contributed by atoms with Crippen LogP contribution in [-0.4, -0.2) is 39.9 Å². The highest BCUT2D eigenvalue weighted by Gasteiger charge is 2.43. The van der Waals surface area contributed by atoms with E-state index >= 15 is 0 Å². The lowest BCUT2D eigenvalue weighted by Gasteiger charge is -2.19. The lowest BCUT2D eigenvalue weighted by molar-refractivity contribution is 0.288. The zero-order chi connectivity index (χ0) is 21.4. The number of benzene rings is 2. The van der Waals surface area contributed by atoms with Crippen molar-refractivity contribution in [2.24, 2.45) is 4.99 Å². The van der Waals surface area contributed by atoms with E-state index in [1.165, 1.54) is 18.4 Å². The smallest absolute Gasteiger partial charge is 0.203 e. The molecule has 0 spiro atoms. The largest absolute Gasteiger partial charge is 0.493 e. The fourth-order valence-electron chi connectivity index (χ4n) is 3.59. The van der Waals surface area contributed by atoms with E-state index in [1.807, 2.05) is 19.1 Å². The van der Waals surface area contributed by atoms with Crippen molar-refractivity contribution in [2.75, 3.05) is 33.9 Å². The molecule has 0 atom stereocenters. The van der Waals surface area contributed by atoms with Gasteiger partial charge < -0.3 is 24.8 Å². The van der Waals surface area contributed by atoms with Gasteiger partial charge in [0.25, 0.3) is 0 Å². The zero-order valence-corrected chi connectivity index (χ0v) is 21.2. The van der Waals surface area contributed by atoms with Crippen LogP contribution in [0.4, 0.5) is 0 Å². The highest BCUT2D eigenvalue weighted by Crippen LogP contribution is 2.47. The SMILES string of the molecule is CCNC(=NCc1cc(OC)c(OCC)c(OC)c1)NCC1(c2ccccc2)CC1.I.